The van der Waals surface area contributed by atoms with Crippen molar-refractivity contribution in [1.29, 1.82) is 0 Å². The first-order valence-electron chi connectivity index (χ1n) is 11.9. The highest BCUT2D eigenvalue weighted by Gasteiger charge is 2.26. The third-order valence-corrected chi connectivity index (χ3v) is 6.11. The molecule has 0 fully saturated rings. The van der Waals surface area contributed by atoms with E-state index in [0.29, 0.717) is 39.1 Å². The maximum absolute atomic E-state index is 13.9. The molecule has 0 saturated carbocycles. The summed E-state index contributed by atoms with van der Waals surface area (Å²) < 4.78 is 18.6. The third kappa shape index (κ3) is 5.57. The Hall–Kier alpha value is -4.50. The summed E-state index contributed by atoms with van der Waals surface area (Å²) in [5.74, 6) is -1.19. The van der Waals surface area contributed by atoms with E-state index in [1.54, 1.807) is 75.5 Å². The van der Waals surface area contributed by atoms with E-state index >= 15 is 0 Å². The summed E-state index contributed by atoms with van der Waals surface area (Å²) in [6.07, 6.45) is 0.119. The number of H-pyrrole nitrogens is 1. The zero-order chi connectivity index (χ0) is 27.6. The maximum atomic E-state index is 13.9. The number of fused-ring (bicyclic) bond motifs is 1. The molecule has 0 spiro atoms. The molecule has 0 aliphatic heterocycles. The Morgan fingerprint density at radius 3 is 2.34 bits per heavy atom. The normalized spacial score (nSPS) is 12.0. The fourth-order valence-electron chi connectivity index (χ4n) is 4.11. The van der Waals surface area contributed by atoms with Gasteiger partial charge in [-0.05, 0) is 61.9 Å². The number of methoxy groups -OCH3 is 1. The van der Waals surface area contributed by atoms with E-state index in [1.807, 2.05) is 0 Å². The smallest absolute Gasteiger partial charge is 0.309 e. The number of aromatic amines is 1. The van der Waals surface area contributed by atoms with Crippen molar-refractivity contribution >= 4 is 39.9 Å². The third-order valence-electron chi connectivity index (χ3n) is 6.11. The number of halogens is 1. The molecule has 0 atom stereocenters. The van der Waals surface area contributed by atoms with Crippen LogP contribution in [0.4, 0.5) is 15.8 Å². The SMILES string of the molecule is COC(=O)Cc1ccc(C(=Nc2ccc(N(C)C(=O)C(C)(C)N)cc2)c2c(O)[nH]c3cc(F)ccc23)cc1. The molecule has 9 heteroatoms. The average Bonchev–Trinajstić information content (AvgIpc) is 3.21. The summed E-state index contributed by atoms with van der Waals surface area (Å²) >= 11 is 0. The van der Waals surface area contributed by atoms with E-state index in [-0.39, 0.29) is 24.2 Å². The maximum Gasteiger partial charge on any atom is 0.309 e. The number of ether oxygens (including phenoxy) is 1. The summed E-state index contributed by atoms with van der Waals surface area (Å²) in [7, 11) is 2.99. The number of hydrogen-bond acceptors (Lipinski definition) is 6. The van der Waals surface area contributed by atoms with Crippen LogP contribution in [0.3, 0.4) is 0 Å². The molecular weight excluding hydrogens is 487 g/mol. The lowest BCUT2D eigenvalue weighted by atomic mass is 9.99. The van der Waals surface area contributed by atoms with Crippen molar-refractivity contribution in [2.75, 3.05) is 19.1 Å². The number of aliphatic imine (C=N–C) groups is 1. The van der Waals surface area contributed by atoms with Gasteiger partial charge < -0.3 is 25.5 Å². The van der Waals surface area contributed by atoms with Gasteiger partial charge in [-0.2, -0.15) is 0 Å². The van der Waals surface area contributed by atoms with E-state index in [2.05, 4.69) is 4.98 Å². The van der Waals surface area contributed by atoms with Crippen molar-refractivity contribution in [2.24, 2.45) is 10.7 Å². The number of carbonyl (C=O) groups is 2. The number of nitrogens with zero attached hydrogens (tertiary/aromatic N) is 2. The van der Waals surface area contributed by atoms with Crippen LogP contribution in [0.2, 0.25) is 0 Å². The second kappa shape index (κ2) is 10.5. The molecule has 0 bridgehead atoms. The van der Waals surface area contributed by atoms with Crippen molar-refractivity contribution < 1.29 is 23.8 Å². The number of aromatic hydroxyl groups is 1. The number of aromatic nitrogens is 1. The molecule has 4 aromatic rings. The Bertz CT molecular complexity index is 1520. The van der Waals surface area contributed by atoms with Gasteiger partial charge in [-0.15, -0.1) is 0 Å². The summed E-state index contributed by atoms with van der Waals surface area (Å²) in [6.45, 7) is 3.29. The molecule has 0 unspecified atom stereocenters. The lowest BCUT2D eigenvalue weighted by molar-refractivity contribution is -0.139. The predicted octanol–water partition coefficient (Wildman–Crippen LogP) is 4.60. The minimum atomic E-state index is -1.02. The van der Waals surface area contributed by atoms with Gasteiger partial charge in [-0.3, -0.25) is 9.59 Å². The Labute approximate surface area is 219 Å². The van der Waals surface area contributed by atoms with E-state index in [9.17, 15) is 19.1 Å². The summed E-state index contributed by atoms with van der Waals surface area (Å²) in [4.78, 5) is 33.4. The Morgan fingerprint density at radius 1 is 1.08 bits per heavy atom. The summed E-state index contributed by atoms with van der Waals surface area (Å²) in [6, 6.07) is 18.4. The molecule has 4 rings (SSSR count). The molecule has 3 aromatic carbocycles. The Kier molecular flexibility index (Phi) is 7.32. The first-order chi connectivity index (χ1) is 18.0. The second-order valence-electron chi connectivity index (χ2n) is 9.55. The number of rotatable bonds is 7. The van der Waals surface area contributed by atoms with E-state index in [0.717, 1.165) is 5.56 Å². The van der Waals surface area contributed by atoms with E-state index in [4.69, 9.17) is 15.5 Å². The van der Waals surface area contributed by atoms with Crippen LogP contribution in [-0.4, -0.2) is 47.4 Å². The number of nitrogens with one attached hydrogen (secondary N) is 1. The molecule has 1 amide bonds. The molecule has 4 N–H and O–H groups in total. The van der Waals surface area contributed by atoms with Crippen LogP contribution in [-0.2, 0) is 20.7 Å². The van der Waals surface area contributed by atoms with Gasteiger partial charge in [-0.1, -0.05) is 24.3 Å². The van der Waals surface area contributed by atoms with Crippen molar-refractivity contribution in [3.63, 3.8) is 0 Å². The monoisotopic (exact) mass is 516 g/mol. The number of benzene rings is 3. The molecule has 8 nitrogen and oxygen atoms in total. The zero-order valence-electron chi connectivity index (χ0n) is 21.6. The number of hydrogen-bond donors (Lipinski definition) is 3. The number of likely N-dealkylation sites (N-methyl/N-ethyl adjacent to an activating group) is 1. The Balaban J connectivity index is 1.79. The highest BCUT2D eigenvalue weighted by Crippen LogP contribution is 2.32. The standard InChI is InChI=1S/C29H29FN4O4/c1-29(2,31)28(37)34(3)21-12-10-20(11-13-21)32-26(18-7-5-17(6-8-18)15-24(35)38-4)25-22-14-9-19(30)16-23(22)33-27(25)36/h5-14,16,33,36H,15,31H2,1-4H3. The molecule has 0 aliphatic rings. The van der Waals surface area contributed by atoms with Gasteiger partial charge in [0.05, 0.1) is 41.5 Å². The fourth-order valence-corrected chi connectivity index (χ4v) is 4.11. The van der Waals surface area contributed by atoms with Crippen LogP contribution in [0.1, 0.15) is 30.5 Å². The quantitative estimate of drug-likeness (QED) is 0.245. The van der Waals surface area contributed by atoms with Gasteiger partial charge in [0.25, 0.3) is 0 Å². The predicted molar refractivity (Wildman–Crippen MR) is 146 cm³/mol. The molecule has 0 saturated heterocycles. The molecule has 38 heavy (non-hydrogen) atoms. The highest BCUT2D eigenvalue weighted by atomic mass is 19.1. The van der Waals surface area contributed by atoms with E-state index < -0.39 is 11.4 Å². The fraction of sp³-hybridized carbons (Fsp3) is 0.207. The second-order valence-corrected chi connectivity index (χ2v) is 9.55. The molecule has 0 aliphatic carbocycles. The van der Waals surface area contributed by atoms with Crippen molar-refractivity contribution in [1.82, 2.24) is 4.98 Å². The molecule has 196 valence electrons. The van der Waals surface area contributed by atoms with Crippen LogP contribution >= 0.6 is 0 Å². The van der Waals surface area contributed by atoms with Crippen molar-refractivity contribution in [2.45, 2.75) is 25.8 Å². The first-order valence-corrected chi connectivity index (χ1v) is 11.9. The van der Waals surface area contributed by atoms with Gasteiger partial charge in [0.2, 0.25) is 5.91 Å². The minimum Gasteiger partial charge on any atom is -0.494 e. The van der Waals surface area contributed by atoms with Crippen molar-refractivity contribution in [3.05, 3.63) is 89.2 Å². The zero-order valence-corrected chi connectivity index (χ0v) is 21.6. The van der Waals surface area contributed by atoms with Gasteiger partial charge >= 0.3 is 5.97 Å². The van der Waals surface area contributed by atoms with Crippen molar-refractivity contribution in [3.8, 4) is 5.88 Å². The topological polar surface area (TPSA) is 121 Å². The number of nitrogens with two attached hydrogens (primary N) is 1. The van der Waals surface area contributed by atoms with Crippen LogP contribution < -0.4 is 10.6 Å². The number of anilines is 1. The number of esters is 1. The largest absolute Gasteiger partial charge is 0.494 e. The molecule has 1 aromatic heterocycles. The number of amides is 1. The van der Waals surface area contributed by atoms with Gasteiger partial charge in [-0.25, -0.2) is 9.38 Å². The summed E-state index contributed by atoms with van der Waals surface area (Å²) in [5.41, 5.74) is 8.83. The molecule has 1 heterocycles. The average molecular weight is 517 g/mol. The van der Waals surface area contributed by atoms with Crippen LogP contribution in [0.15, 0.2) is 71.7 Å². The Morgan fingerprint density at radius 2 is 1.74 bits per heavy atom. The molecule has 0 radical (unpaired) electrons. The van der Waals surface area contributed by atoms with Gasteiger partial charge in [0.1, 0.15) is 5.82 Å². The summed E-state index contributed by atoms with van der Waals surface area (Å²) in [5, 5.41) is 11.4. The van der Waals surface area contributed by atoms with E-state index in [1.165, 1.54) is 24.1 Å². The van der Waals surface area contributed by atoms with Crippen LogP contribution in [0, 0.1) is 5.82 Å². The lowest BCUT2D eigenvalue weighted by Gasteiger charge is -2.25. The minimum absolute atomic E-state index is 0.119. The van der Waals surface area contributed by atoms with Crippen LogP contribution in [0.25, 0.3) is 10.9 Å². The van der Waals surface area contributed by atoms with Gasteiger partial charge in [0.15, 0.2) is 5.88 Å². The lowest BCUT2D eigenvalue weighted by Crippen LogP contribution is -2.49. The van der Waals surface area contributed by atoms with Gasteiger partial charge in [0, 0.05) is 23.7 Å². The molecular formula is C29H29FN4O4. The number of carbonyl (C=O) groups excluding carboxylic acids is 2. The highest BCUT2D eigenvalue weighted by molar-refractivity contribution is 6.22. The van der Waals surface area contributed by atoms with Crippen LogP contribution in [0.5, 0.6) is 5.88 Å². The first kappa shape index (κ1) is 26.6.